The van der Waals surface area contributed by atoms with Crippen molar-refractivity contribution in [2.45, 2.75) is 32.3 Å². The van der Waals surface area contributed by atoms with Crippen LogP contribution in [0.15, 0.2) is 60.8 Å². The lowest BCUT2D eigenvalue weighted by Gasteiger charge is -2.19. The zero-order valence-electron chi connectivity index (χ0n) is 18.1. The molecule has 31 heavy (non-hydrogen) atoms. The molecule has 2 aromatic carbocycles. The van der Waals surface area contributed by atoms with Crippen LogP contribution in [0.2, 0.25) is 0 Å². The number of methoxy groups -OCH3 is 1. The van der Waals surface area contributed by atoms with Crippen LogP contribution in [0, 0.1) is 19.8 Å². The van der Waals surface area contributed by atoms with Gasteiger partial charge in [0.1, 0.15) is 5.82 Å². The summed E-state index contributed by atoms with van der Waals surface area (Å²) in [5.74, 6) is 1.19. The van der Waals surface area contributed by atoms with E-state index in [2.05, 4.69) is 27.4 Å². The lowest BCUT2D eigenvalue weighted by atomic mass is 9.93. The van der Waals surface area contributed by atoms with Crippen molar-refractivity contribution < 1.29 is 14.3 Å². The van der Waals surface area contributed by atoms with Crippen molar-refractivity contribution >= 4 is 11.6 Å². The lowest BCUT2D eigenvalue weighted by molar-refractivity contribution is -0.117. The van der Waals surface area contributed by atoms with Gasteiger partial charge in [-0.25, -0.2) is 9.97 Å². The monoisotopic (exact) mass is 417 g/mol. The Balaban J connectivity index is 1.52. The van der Waals surface area contributed by atoms with E-state index in [-0.39, 0.29) is 17.2 Å². The second kappa shape index (κ2) is 8.86. The van der Waals surface area contributed by atoms with Gasteiger partial charge in [0.2, 0.25) is 5.91 Å². The van der Waals surface area contributed by atoms with Gasteiger partial charge >= 0.3 is 0 Å². The van der Waals surface area contributed by atoms with Crippen molar-refractivity contribution in [3.63, 3.8) is 0 Å². The minimum absolute atomic E-state index is 0.00102. The summed E-state index contributed by atoms with van der Waals surface area (Å²) < 4.78 is 11.3. The molecule has 3 aromatic rings. The first kappa shape index (κ1) is 21.0. The van der Waals surface area contributed by atoms with Crippen LogP contribution < -0.4 is 10.1 Å². The molecular weight excluding hydrogens is 390 g/mol. The highest BCUT2D eigenvalue weighted by molar-refractivity contribution is 5.96. The van der Waals surface area contributed by atoms with Gasteiger partial charge in [-0.3, -0.25) is 4.79 Å². The lowest BCUT2D eigenvalue weighted by Crippen LogP contribution is -2.26. The molecule has 6 heteroatoms. The molecule has 1 saturated carbocycles. The molecule has 1 aliphatic rings. The molecule has 2 atom stereocenters. The third-order valence-electron chi connectivity index (χ3n) is 5.79. The Kier molecular flexibility index (Phi) is 6.00. The summed E-state index contributed by atoms with van der Waals surface area (Å²) >= 11 is 0. The smallest absolute Gasteiger partial charge is 0.228 e. The Bertz CT molecular complexity index is 1070. The Hall–Kier alpha value is -3.25. The van der Waals surface area contributed by atoms with Gasteiger partial charge in [0.15, 0.2) is 5.75 Å². The molecule has 1 fully saturated rings. The van der Waals surface area contributed by atoms with E-state index in [9.17, 15) is 4.79 Å². The topological polar surface area (TPSA) is 73.3 Å². The second-order valence-electron chi connectivity index (χ2n) is 8.06. The zero-order valence-corrected chi connectivity index (χ0v) is 18.1. The normalized spacial score (nSPS) is 19.6. The standard InChI is InChI=1S/C25H27N3O3/c1-17-23(14-26-18(2)27-17)31-16-25(20-9-5-4-6-10-20)13-22(25)24(29)28-21-11-7-8-19(12-21)15-30-3/h4-12,14,22H,13,15-16H2,1-3H3,(H,28,29)/t22-,25+/m0/s1. The van der Waals surface area contributed by atoms with E-state index in [4.69, 9.17) is 9.47 Å². The van der Waals surface area contributed by atoms with Gasteiger partial charge in [-0.1, -0.05) is 42.5 Å². The predicted octanol–water partition coefficient (Wildman–Crippen LogP) is 4.22. The number of ether oxygens (including phenoxy) is 2. The van der Waals surface area contributed by atoms with Crippen LogP contribution in [0.5, 0.6) is 5.75 Å². The SMILES string of the molecule is COCc1cccc(NC(=O)[C@@H]2C[C@@]2(COc2cnc(C)nc2C)c2ccccc2)c1. The van der Waals surface area contributed by atoms with Crippen LogP contribution >= 0.6 is 0 Å². The molecule has 0 aliphatic heterocycles. The third-order valence-corrected chi connectivity index (χ3v) is 5.79. The van der Waals surface area contributed by atoms with E-state index >= 15 is 0 Å². The van der Waals surface area contributed by atoms with Gasteiger partial charge in [0.05, 0.1) is 31.0 Å². The van der Waals surface area contributed by atoms with Gasteiger partial charge in [-0.05, 0) is 43.5 Å². The van der Waals surface area contributed by atoms with Crippen molar-refractivity contribution in [2.75, 3.05) is 19.0 Å². The predicted molar refractivity (Wildman–Crippen MR) is 119 cm³/mol. The molecule has 1 aliphatic carbocycles. The Labute approximate surface area is 182 Å². The molecule has 6 nitrogen and oxygen atoms in total. The average Bonchev–Trinajstić information content (AvgIpc) is 3.50. The van der Waals surface area contributed by atoms with Crippen LogP contribution in [0.4, 0.5) is 5.69 Å². The highest BCUT2D eigenvalue weighted by Gasteiger charge is 2.60. The number of aromatic nitrogens is 2. The number of carbonyl (C=O) groups excluding carboxylic acids is 1. The van der Waals surface area contributed by atoms with E-state index in [1.54, 1.807) is 13.3 Å². The van der Waals surface area contributed by atoms with Crippen molar-refractivity contribution in [2.24, 2.45) is 5.92 Å². The fourth-order valence-electron chi connectivity index (χ4n) is 4.04. The highest BCUT2D eigenvalue weighted by atomic mass is 16.5. The van der Waals surface area contributed by atoms with Crippen molar-refractivity contribution in [3.8, 4) is 5.75 Å². The number of benzene rings is 2. The molecule has 0 spiro atoms. The first-order valence-electron chi connectivity index (χ1n) is 10.4. The van der Waals surface area contributed by atoms with Crippen LogP contribution in [-0.2, 0) is 21.6 Å². The number of hydrogen-bond donors (Lipinski definition) is 1. The summed E-state index contributed by atoms with van der Waals surface area (Å²) in [6.07, 6.45) is 2.43. The molecular formula is C25H27N3O3. The van der Waals surface area contributed by atoms with Crippen LogP contribution in [0.25, 0.3) is 0 Å². The Morgan fingerprint density at radius 2 is 1.97 bits per heavy atom. The molecule has 4 rings (SSSR count). The number of rotatable bonds is 8. The van der Waals surface area contributed by atoms with Gasteiger partial charge < -0.3 is 14.8 Å². The van der Waals surface area contributed by atoms with E-state index in [0.29, 0.717) is 24.8 Å². The molecule has 0 unspecified atom stereocenters. The quantitative estimate of drug-likeness (QED) is 0.594. The van der Waals surface area contributed by atoms with Gasteiger partial charge in [0, 0.05) is 18.2 Å². The van der Waals surface area contributed by atoms with Crippen LogP contribution in [0.3, 0.4) is 0 Å². The van der Waals surface area contributed by atoms with E-state index < -0.39 is 0 Å². The maximum Gasteiger partial charge on any atom is 0.228 e. The molecule has 1 N–H and O–H groups in total. The Morgan fingerprint density at radius 1 is 1.16 bits per heavy atom. The van der Waals surface area contributed by atoms with E-state index in [0.717, 1.165) is 28.9 Å². The molecule has 0 saturated heterocycles. The summed E-state index contributed by atoms with van der Waals surface area (Å²) in [4.78, 5) is 21.7. The fraction of sp³-hybridized carbons (Fsp3) is 0.320. The van der Waals surface area contributed by atoms with Crippen LogP contribution in [-0.4, -0.2) is 29.6 Å². The first-order chi connectivity index (χ1) is 15.0. The van der Waals surface area contributed by atoms with Crippen LogP contribution in [0.1, 0.15) is 29.1 Å². The Morgan fingerprint density at radius 3 is 2.71 bits per heavy atom. The highest BCUT2D eigenvalue weighted by Crippen LogP contribution is 2.55. The van der Waals surface area contributed by atoms with Crippen molar-refractivity contribution in [1.82, 2.24) is 9.97 Å². The summed E-state index contributed by atoms with van der Waals surface area (Å²) in [6.45, 7) is 4.66. The first-order valence-corrected chi connectivity index (χ1v) is 10.4. The number of aryl methyl sites for hydroxylation is 2. The minimum Gasteiger partial charge on any atom is -0.489 e. The maximum absolute atomic E-state index is 13.1. The van der Waals surface area contributed by atoms with Gasteiger partial charge in [0.25, 0.3) is 0 Å². The largest absolute Gasteiger partial charge is 0.489 e. The molecule has 160 valence electrons. The third kappa shape index (κ3) is 4.59. The number of amides is 1. The van der Waals surface area contributed by atoms with Gasteiger partial charge in [-0.15, -0.1) is 0 Å². The fourth-order valence-corrected chi connectivity index (χ4v) is 4.04. The summed E-state index contributed by atoms with van der Waals surface area (Å²) in [5.41, 5.74) is 3.33. The summed E-state index contributed by atoms with van der Waals surface area (Å²) in [6, 6.07) is 17.8. The number of hydrogen-bond acceptors (Lipinski definition) is 5. The second-order valence-corrected chi connectivity index (χ2v) is 8.06. The molecule has 0 radical (unpaired) electrons. The number of carbonyl (C=O) groups is 1. The minimum atomic E-state index is -0.368. The maximum atomic E-state index is 13.1. The van der Waals surface area contributed by atoms with E-state index in [1.807, 2.05) is 56.3 Å². The summed E-state index contributed by atoms with van der Waals surface area (Å²) in [7, 11) is 1.66. The van der Waals surface area contributed by atoms with Crippen molar-refractivity contribution in [3.05, 3.63) is 83.4 Å². The molecule has 1 amide bonds. The molecule has 1 aromatic heterocycles. The number of nitrogens with zero attached hydrogens (tertiary/aromatic N) is 2. The number of nitrogens with one attached hydrogen (secondary N) is 1. The van der Waals surface area contributed by atoms with Gasteiger partial charge in [-0.2, -0.15) is 0 Å². The van der Waals surface area contributed by atoms with Crippen molar-refractivity contribution in [1.29, 1.82) is 0 Å². The number of anilines is 1. The zero-order chi connectivity index (χ0) is 21.8. The molecule has 1 heterocycles. The average molecular weight is 418 g/mol. The molecule has 0 bridgehead atoms. The van der Waals surface area contributed by atoms with E-state index in [1.165, 1.54) is 0 Å². The summed E-state index contributed by atoms with van der Waals surface area (Å²) in [5, 5.41) is 3.07.